The monoisotopic (exact) mass is 290 g/mol. The molecule has 3 rings (SSSR count). The van der Waals surface area contributed by atoms with Crippen molar-refractivity contribution in [3.63, 3.8) is 0 Å². The number of nitriles is 1. The first-order valence-electron chi connectivity index (χ1n) is 6.99. The zero-order chi connectivity index (χ0) is 15.9. The molecule has 0 saturated heterocycles. The summed E-state index contributed by atoms with van der Waals surface area (Å²) < 4.78 is 15.0. The normalized spacial score (nSPS) is 10.6. The Morgan fingerprint density at radius 3 is 2.64 bits per heavy atom. The SMILES string of the molecule is C=C(C)c1ccc(-c2cc(C#N)n3cc(F)ccc23)cc1C. The van der Waals surface area contributed by atoms with E-state index in [0.717, 1.165) is 33.3 Å². The summed E-state index contributed by atoms with van der Waals surface area (Å²) in [6, 6.07) is 13.1. The summed E-state index contributed by atoms with van der Waals surface area (Å²) in [5.74, 6) is -0.361. The van der Waals surface area contributed by atoms with E-state index in [1.807, 2.05) is 26.0 Å². The highest BCUT2D eigenvalue weighted by atomic mass is 19.1. The molecule has 1 aromatic carbocycles. The van der Waals surface area contributed by atoms with Gasteiger partial charge in [-0.1, -0.05) is 30.4 Å². The number of benzene rings is 1. The van der Waals surface area contributed by atoms with Gasteiger partial charge in [0.05, 0.1) is 5.52 Å². The van der Waals surface area contributed by atoms with Gasteiger partial charge in [-0.25, -0.2) is 4.39 Å². The number of hydrogen-bond acceptors (Lipinski definition) is 1. The Balaban J connectivity index is 2.25. The van der Waals surface area contributed by atoms with Crippen LogP contribution in [0, 0.1) is 24.1 Å². The van der Waals surface area contributed by atoms with Gasteiger partial charge in [0.1, 0.15) is 17.6 Å². The van der Waals surface area contributed by atoms with Crippen LogP contribution in [0.5, 0.6) is 0 Å². The van der Waals surface area contributed by atoms with Crippen molar-refractivity contribution < 1.29 is 4.39 Å². The number of allylic oxidation sites excluding steroid dienone is 1. The Labute approximate surface area is 128 Å². The molecule has 0 atom stereocenters. The second-order valence-corrected chi connectivity index (χ2v) is 5.47. The molecule has 0 unspecified atom stereocenters. The fourth-order valence-corrected chi connectivity index (χ4v) is 2.80. The van der Waals surface area contributed by atoms with E-state index in [9.17, 15) is 9.65 Å². The van der Waals surface area contributed by atoms with Crippen molar-refractivity contribution >= 4 is 11.1 Å². The standard InChI is InChI=1S/C19H15FN2/c1-12(2)17-6-4-14(8-13(17)3)18-9-16(10-21)22-11-15(20)5-7-19(18)22/h4-9,11H,1H2,2-3H3. The average molecular weight is 290 g/mol. The van der Waals surface area contributed by atoms with Gasteiger partial charge in [-0.3, -0.25) is 0 Å². The summed E-state index contributed by atoms with van der Waals surface area (Å²) in [6.45, 7) is 7.99. The first-order valence-corrected chi connectivity index (χ1v) is 6.99. The zero-order valence-corrected chi connectivity index (χ0v) is 12.5. The lowest BCUT2D eigenvalue weighted by Gasteiger charge is -2.08. The number of halogens is 1. The van der Waals surface area contributed by atoms with E-state index in [4.69, 9.17) is 0 Å². The van der Waals surface area contributed by atoms with Gasteiger partial charge in [0.2, 0.25) is 0 Å². The van der Waals surface area contributed by atoms with Crippen molar-refractivity contribution in [3.05, 3.63) is 71.8 Å². The molecule has 108 valence electrons. The summed E-state index contributed by atoms with van der Waals surface area (Å²) in [6.07, 6.45) is 1.34. The van der Waals surface area contributed by atoms with E-state index in [1.165, 1.54) is 12.3 Å². The minimum Gasteiger partial charge on any atom is -0.305 e. The van der Waals surface area contributed by atoms with Crippen LogP contribution in [0.2, 0.25) is 0 Å². The van der Waals surface area contributed by atoms with E-state index >= 15 is 0 Å². The van der Waals surface area contributed by atoms with Crippen LogP contribution in [-0.2, 0) is 0 Å². The minimum atomic E-state index is -0.361. The summed E-state index contributed by atoms with van der Waals surface area (Å²) in [5, 5.41) is 9.25. The Kier molecular flexibility index (Phi) is 3.30. The van der Waals surface area contributed by atoms with Gasteiger partial charge in [0, 0.05) is 11.8 Å². The van der Waals surface area contributed by atoms with E-state index in [0.29, 0.717) is 5.69 Å². The number of fused-ring (bicyclic) bond motifs is 1. The molecule has 0 N–H and O–H groups in total. The summed E-state index contributed by atoms with van der Waals surface area (Å²) >= 11 is 0. The predicted molar refractivity (Wildman–Crippen MR) is 87.0 cm³/mol. The van der Waals surface area contributed by atoms with Crippen LogP contribution < -0.4 is 0 Å². The van der Waals surface area contributed by atoms with Gasteiger partial charge in [-0.15, -0.1) is 0 Å². The Morgan fingerprint density at radius 2 is 2.00 bits per heavy atom. The van der Waals surface area contributed by atoms with Gasteiger partial charge in [-0.05, 0) is 48.7 Å². The maximum Gasteiger partial charge on any atom is 0.139 e. The molecule has 0 fully saturated rings. The van der Waals surface area contributed by atoms with Crippen molar-refractivity contribution in [1.29, 1.82) is 5.26 Å². The lowest BCUT2D eigenvalue weighted by Crippen LogP contribution is -1.89. The smallest absolute Gasteiger partial charge is 0.139 e. The third kappa shape index (κ3) is 2.19. The van der Waals surface area contributed by atoms with E-state index in [2.05, 4.69) is 18.7 Å². The van der Waals surface area contributed by atoms with Crippen molar-refractivity contribution in [2.45, 2.75) is 13.8 Å². The van der Waals surface area contributed by atoms with Gasteiger partial charge < -0.3 is 4.40 Å². The van der Waals surface area contributed by atoms with Crippen LogP contribution in [0.4, 0.5) is 4.39 Å². The van der Waals surface area contributed by atoms with Crippen molar-refractivity contribution in [2.75, 3.05) is 0 Å². The average Bonchev–Trinajstić information content (AvgIpc) is 2.84. The number of aromatic nitrogens is 1. The lowest BCUT2D eigenvalue weighted by molar-refractivity contribution is 0.619. The molecule has 3 heteroatoms. The van der Waals surface area contributed by atoms with Crippen molar-refractivity contribution in [3.8, 4) is 17.2 Å². The molecule has 3 aromatic rings. The quantitative estimate of drug-likeness (QED) is 0.655. The topological polar surface area (TPSA) is 28.2 Å². The molecule has 0 radical (unpaired) electrons. The lowest BCUT2D eigenvalue weighted by atomic mass is 9.97. The molecular weight excluding hydrogens is 275 g/mol. The largest absolute Gasteiger partial charge is 0.305 e. The van der Waals surface area contributed by atoms with Gasteiger partial charge in [-0.2, -0.15) is 5.26 Å². The fraction of sp³-hybridized carbons (Fsp3) is 0.105. The van der Waals surface area contributed by atoms with Crippen LogP contribution in [0.3, 0.4) is 0 Å². The highest BCUT2D eigenvalue weighted by molar-refractivity contribution is 5.84. The zero-order valence-electron chi connectivity index (χ0n) is 12.5. The molecule has 22 heavy (non-hydrogen) atoms. The Bertz CT molecular complexity index is 942. The Hall–Kier alpha value is -2.86. The first-order chi connectivity index (χ1) is 10.5. The van der Waals surface area contributed by atoms with Gasteiger partial charge in [0.15, 0.2) is 0 Å². The molecule has 2 nitrogen and oxygen atoms in total. The number of rotatable bonds is 2. The van der Waals surface area contributed by atoms with Gasteiger partial charge >= 0.3 is 0 Å². The number of pyridine rings is 1. The van der Waals surface area contributed by atoms with Crippen LogP contribution in [0.1, 0.15) is 23.7 Å². The van der Waals surface area contributed by atoms with Crippen LogP contribution in [0.25, 0.3) is 22.2 Å². The highest BCUT2D eigenvalue weighted by Gasteiger charge is 2.12. The van der Waals surface area contributed by atoms with E-state index in [-0.39, 0.29) is 5.82 Å². The molecule has 0 aliphatic rings. The van der Waals surface area contributed by atoms with E-state index in [1.54, 1.807) is 16.5 Å². The fourth-order valence-electron chi connectivity index (χ4n) is 2.80. The summed E-state index contributed by atoms with van der Waals surface area (Å²) in [7, 11) is 0. The molecule has 2 aromatic heterocycles. The van der Waals surface area contributed by atoms with E-state index < -0.39 is 0 Å². The maximum absolute atomic E-state index is 13.4. The minimum absolute atomic E-state index is 0.361. The molecule has 0 spiro atoms. The Morgan fingerprint density at radius 1 is 1.23 bits per heavy atom. The van der Waals surface area contributed by atoms with Crippen molar-refractivity contribution in [2.24, 2.45) is 0 Å². The third-order valence-corrected chi connectivity index (χ3v) is 3.84. The van der Waals surface area contributed by atoms with Crippen LogP contribution in [0.15, 0.2) is 49.2 Å². The van der Waals surface area contributed by atoms with Crippen molar-refractivity contribution in [1.82, 2.24) is 4.40 Å². The number of aryl methyl sites for hydroxylation is 1. The number of nitrogens with zero attached hydrogens (tertiary/aromatic N) is 2. The molecule has 0 bridgehead atoms. The first kappa shape index (κ1) is 14.1. The summed E-state index contributed by atoms with van der Waals surface area (Å²) in [4.78, 5) is 0. The molecule has 2 heterocycles. The third-order valence-electron chi connectivity index (χ3n) is 3.84. The second kappa shape index (κ2) is 5.16. The molecule has 0 aliphatic carbocycles. The van der Waals surface area contributed by atoms with Crippen LogP contribution >= 0.6 is 0 Å². The maximum atomic E-state index is 13.4. The van der Waals surface area contributed by atoms with Gasteiger partial charge in [0.25, 0.3) is 0 Å². The highest BCUT2D eigenvalue weighted by Crippen LogP contribution is 2.31. The summed E-state index contributed by atoms with van der Waals surface area (Å²) in [5.41, 5.74) is 6.45. The second-order valence-electron chi connectivity index (χ2n) is 5.47. The molecule has 0 aliphatic heterocycles. The molecule has 0 amide bonds. The number of hydrogen-bond donors (Lipinski definition) is 0. The predicted octanol–water partition coefficient (Wildman–Crippen LogP) is 4.96. The van der Waals surface area contributed by atoms with Crippen LogP contribution in [-0.4, -0.2) is 4.40 Å². The molecule has 0 saturated carbocycles. The molecular formula is C19H15FN2.